The smallest absolute Gasteiger partial charge is 0.224 e. The van der Waals surface area contributed by atoms with E-state index < -0.39 is 30.7 Å². The summed E-state index contributed by atoms with van der Waals surface area (Å²) in [6.45, 7) is 2.51. The summed E-state index contributed by atoms with van der Waals surface area (Å²) < 4.78 is 21.3. The molecule has 0 spiro atoms. The highest BCUT2D eigenvalue weighted by molar-refractivity contribution is 5.85. The molecule has 0 radical (unpaired) electrons. The molecule has 2 aliphatic rings. The van der Waals surface area contributed by atoms with E-state index in [1.165, 1.54) is 17.8 Å². The molecule has 9 nitrogen and oxygen atoms in total. The summed E-state index contributed by atoms with van der Waals surface area (Å²) in [6.07, 6.45) is -1.44. The van der Waals surface area contributed by atoms with Crippen LogP contribution in [-0.2, 0) is 4.74 Å². The summed E-state index contributed by atoms with van der Waals surface area (Å²) in [5.41, 5.74) is 4.85. The van der Waals surface area contributed by atoms with E-state index in [1.807, 2.05) is 4.90 Å². The van der Waals surface area contributed by atoms with Crippen molar-refractivity contribution >= 4 is 22.9 Å². The van der Waals surface area contributed by atoms with Crippen LogP contribution in [0.1, 0.15) is 19.6 Å². The van der Waals surface area contributed by atoms with Crippen molar-refractivity contribution in [2.45, 2.75) is 37.4 Å². The SMILES string of the molecule is C[C@@]1(O)[C@H](F)[C@@H](CO)O[C@H]1n1cnc2c(N3CCC3)nc(N)nc21. The molecule has 2 fully saturated rings. The van der Waals surface area contributed by atoms with E-state index in [4.69, 9.17) is 10.5 Å². The number of imidazole rings is 1. The van der Waals surface area contributed by atoms with Crippen LogP contribution in [0.4, 0.5) is 16.2 Å². The number of alkyl halides is 1. The lowest BCUT2D eigenvalue weighted by molar-refractivity contribution is -0.0892. The molecule has 130 valence electrons. The zero-order valence-electron chi connectivity index (χ0n) is 13.1. The number of halogens is 1. The Kier molecular flexibility index (Phi) is 3.37. The number of hydrogen-bond acceptors (Lipinski definition) is 8. The number of fused-ring (bicyclic) bond motifs is 1. The summed E-state index contributed by atoms with van der Waals surface area (Å²) in [6, 6.07) is 0. The molecular weight excluding hydrogens is 319 g/mol. The molecule has 24 heavy (non-hydrogen) atoms. The maximum Gasteiger partial charge on any atom is 0.224 e. The van der Waals surface area contributed by atoms with Gasteiger partial charge in [0.2, 0.25) is 5.95 Å². The maximum atomic E-state index is 14.3. The van der Waals surface area contributed by atoms with Crippen LogP contribution in [0.2, 0.25) is 0 Å². The summed E-state index contributed by atoms with van der Waals surface area (Å²) in [7, 11) is 0. The van der Waals surface area contributed by atoms with Gasteiger partial charge in [0.15, 0.2) is 29.4 Å². The normalized spacial score (nSPS) is 33.2. The van der Waals surface area contributed by atoms with E-state index in [0.29, 0.717) is 17.0 Å². The van der Waals surface area contributed by atoms with E-state index in [2.05, 4.69) is 15.0 Å². The molecule has 0 bridgehead atoms. The number of nitrogen functional groups attached to an aromatic ring is 1. The van der Waals surface area contributed by atoms with Gasteiger partial charge < -0.3 is 25.6 Å². The van der Waals surface area contributed by atoms with Crippen LogP contribution >= 0.6 is 0 Å². The quantitative estimate of drug-likeness (QED) is 0.691. The molecule has 4 heterocycles. The van der Waals surface area contributed by atoms with Gasteiger partial charge in [0, 0.05) is 13.1 Å². The molecule has 4 N–H and O–H groups in total. The van der Waals surface area contributed by atoms with Gasteiger partial charge in [-0.3, -0.25) is 4.57 Å². The summed E-state index contributed by atoms with van der Waals surface area (Å²) in [4.78, 5) is 14.8. The second kappa shape index (κ2) is 5.23. The summed E-state index contributed by atoms with van der Waals surface area (Å²) >= 11 is 0. The Morgan fingerprint density at radius 3 is 2.79 bits per heavy atom. The fraction of sp³-hybridized carbons (Fsp3) is 0.643. The highest BCUT2D eigenvalue weighted by atomic mass is 19.1. The molecule has 2 aliphatic heterocycles. The zero-order valence-corrected chi connectivity index (χ0v) is 13.1. The molecule has 0 saturated carbocycles. The predicted octanol–water partition coefficient (Wildman–Crippen LogP) is -0.403. The molecule has 0 unspecified atom stereocenters. The molecule has 10 heteroatoms. The summed E-state index contributed by atoms with van der Waals surface area (Å²) in [5, 5.41) is 19.8. The third-order valence-corrected chi connectivity index (χ3v) is 4.70. The number of aromatic nitrogens is 4. The van der Waals surface area contributed by atoms with Gasteiger partial charge in [0.05, 0.1) is 12.9 Å². The number of nitrogens with zero attached hydrogens (tertiary/aromatic N) is 5. The lowest BCUT2D eigenvalue weighted by atomic mass is 9.98. The van der Waals surface area contributed by atoms with Gasteiger partial charge in [-0.15, -0.1) is 0 Å². The Bertz CT molecular complexity index is 777. The first-order valence-corrected chi connectivity index (χ1v) is 7.81. The number of anilines is 2. The Morgan fingerprint density at radius 1 is 1.46 bits per heavy atom. The molecule has 4 rings (SSSR count). The molecule has 0 aliphatic carbocycles. The Balaban J connectivity index is 1.82. The molecule has 0 aromatic carbocycles. The number of nitrogens with two attached hydrogens (primary N) is 1. The topological polar surface area (TPSA) is 123 Å². The monoisotopic (exact) mass is 338 g/mol. The number of aliphatic hydroxyl groups is 2. The van der Waals surface area contributed by atoms with Gasteiger partial charge in [0.1, 0.15) is 11.7 Å². The van der Waals surface area contributed by atoms with Crippen LogP contribution in [0.25, 0.3) is 11.2 Å². The third kappa shape index (κ3) is 2.06. The number of ether oxygens (including phenoxy) is 1. The first-order valence-electron chi connectivity index (χ1n) is 7.81. The van der Waals surface area contributed by atoms with Crippen molar-refractivity contribution in [2.24, 2.45) is 0 Å². The molecule has 2 aromatic heterocycles. The maximum absolute atomic E-state index is 14.3. The van der Waals surface area contributed by atoms with Crippen LogP contribution in [0, 0.1) is 0 Å². The van der Waals surface area contributed by atoms with Gasteiger partial charge in [0.25, 0.3) is 0 Å². The van der Waals surface area contributed by atoms with Crippen LogP contribution < -0.4 is 10.6 Å². The summed E-state index contributed by atoms with van der Waals surface area (Å²) in [5.74, 6) is 0.690. The van der Waals surface area contributed by atoms with Crippen molar-refractivity contribution in [1.29, 1.82) is 0 Å². The average Bonchev–Trinajstić information content (AvgIpc) is 2.98. The van der Waals surface area contributed by atoms with Crippen molar-refractivity contribution in [3.8, 4) is 0 Å². The molecule has 2 aromatic rings. The van der Waals surface area contributed by atoms with Crippen molar-refractivity contribution in [1.82, 2.24) is 19.5 Å². The molecule has 0 amide bonds. The number of rotatable bonds is 3. The van der Waals surface area contributed by atoms with Crippen molar-refractivity contribution in [3.63, 3.8) is 0 Å². The fourth-order valence-corrected chi connectivity index (χ4v) is 3.21. The minimum Gasteiger partial charge on any atom is -0.394 e. The highest BCUT2D eigenvalue weighted by Crippen LogP contribution is 2.41. The van der Waals surface area contributed by atoms with E-state index in [0.717, 1.165) is 19.5 Å². The van der Waals surface area contributed by atoms with Gasteiger partial charge >= 0.3 is 0 Å². The molecule has 2 saturated heterocycles. The van der Waals surface area contributed by atoms with E-state index in [9.17, 15) is 14.6 Å². The standard InChI is InChI=1S/C14H19FN6O3/c1-14(23)9(15)7(5-22)24-12(14)21-6-17-8-10(20-3-2-4-20)18-13(16)19-11(8)21/h6-7,9,12,22-23H,2-5H2,1H3,(H2,16,18,19)/t7-,9-,12-,14-/m1/s1. The Hall–Kier alpha value is -2.04. The van der Waals surface area contributed by atoms with Gasteiger partial charge in [-0.1, -0.05) is 0 Å². The van der Waals surface area contributed by atoms with Gasteiger partial charge in [-0.25, -0.2) is 9.37 Å². The first-order chi connectivity index (χ1) is 11.4. The largest absolute Gasteiger partial charge is 0.394 e. The minimum absolute atomic E-state index is 0.0688. The number of aliphatic hydroxyl groups excluding tert-OH is 1. The van der Waals surface area contributed by atoms with Crippen molar-refractivity contribution in [2.75, 3.05) is 30.3 Å². The van der Waals surface area contributed by atoms with E-state index in [1.54, 1.807) is 0 Å². The molecule has 4 atom stereocenters. The minimum atomic E-state index is -1.84. The fourth-order valence-electron chi connectivity index (χ4n) is 3.21. The zero-order chi connectivity index (χ0) is 17.1. The van der Waals surface area contributed by atoms with Crippen LogP contribution in [-0.4, -0.2) is 67.3 Å². The lowest BCUT2D eigenvalue weighted by Gasteiger charge is -2.32. The van der Waals surface area contributed by atoms with E-state index >= 15 is 0 Å². The van der Waals surface area contributed by atoms with E-state index in [-0.39, 0.29) is 5.95 Å². The second-order valence-electron chi connectivity index (χ2n) is 6.41. The van der Waals surface area contributed by atoms with Crippen molar-refractivity contribution in [3.05, 3.63) is 6.33 Å². The highest BCUT2D eigenvalue weighted by Gasteiger charge is 2.54. The van der Waals surface area contributed by atoms with Gasteiger partial charge in [-0.2, -0.15) is 9.97 Å². The van der Waals surface area contributed by atoms with Gasteiger partial charge in [-0.05, 0) is 13.3 Å². The van der Waals surface area contributed by atoms with Crippen molar-refractivity contribution < 1.29 is 19.3 Å². The third-order valence-electron chi connectivity index (χ3n) is 4.70. The number of hydrogen-bond donors (Lipinski definition) is 3. The predicted molar refractivity (Wildman–Crippen MR) is 83.1 cm³/mol. The molecular formula is C14H19FN6O3. The first kappa shape index (κ1) is 15.5. The Labute approximate surface area is 136 Å². The van der Waals surface area contributed by atoms with Crippen LogP contribution in [0.15, 0.2) is 6.33 Å². The Morgan fingerprint density at radius 2 is 2.21 bits per heavy atom. The second-order valence-corrected chi connectivity index (χ2v) is 6.41. The average molecular weight is 338 g/mol. The lowest BCUT2D eigenvalue weighted by Crippen LogP contribution is -2.41. The van der Waals surface area contributed by atoms with Crippen LogP contribution in [0.3, 0.4) is 0 Å². The van der Waals surface area contributed by atoms with Crippen LogP contribution in [0.5, 0.6) is 0 Å².